The molecule has 4 aromatic heterocycles. The third-order valence-electron chi connectivity index (χ3n) is 10.2. The summed E-state index contributed by atoms with van der Waals surface area (Å²) in [4.78, 5) is 14.1. The zero-order chi connectivity index (χ0) is 35.0. The van der Waals surface area contributed by atoms with Gasteiger partial charge in [0.25, 0.3) is 0 Å². The van der Waals surface area contributed by atoms with Gasteiger partial charge in [-0.2, -0.15) is 0 Å². The number of rotatable bonds is 5. The zero-order valence-corrected chi connectivity index (χ0v) is 29.9. The van der Waals surface area contributed by atoms with E-state index in [1.165, 1.54) is 36.8 Å². The van der Waals surface area contributed by atoms with Gasteiger partial charge in [0.2, 0.25) is 0 Å². The van der Waals surface area contributed by atoms with Crippen LogP contribution in [0.15, 0.2) is 146 Å². The molecule has 252 valence electrons. The Morgan fingerprint density at radius 1 is 0.615 bits per heavy atom. The molecule has 0 atom stereocenters. The fourth-order valence-electron chi connectivity index (χ4n) is 7.60. The number of para-hydroxylation sites is 1. The van der Waals surface area contributed by atoms with Crippen LogP contribution in [-0.2, 0) is 5.41 Å². The Labute approximate surface area is 305 Å². The summed E-state index contributed by atoms with van der Waals surface area (Å²) in [5.41, 5.74) is 7.86. The fourth-order valence-corrected chi connectivity index (χ4v) is 8.82. The van der Waals surface area contributed by atoms with Crippen LogP contribution in [0.1, 0.15) is 26.3 Å². The van der Waals surface area contributed by atoms with Crippen LogP contribution in [0.2, 0.25) is 0 Å². The molecule has 0 spiro atoms. The lowest BCUT2D eigenvalue weighted by atomic mass is 9.88. The monoisotopic (exact) mass is 693 g/mol. The summed E-state index contributed by atoms with van der Waals surface area (Å²) in [5.74, 6) is 2.44. The van der Waals surface area contributed by atoms with Crippen molar-refractivity contribution < 1.29 is 4.74 Å². The van der Waals surface area contributed by atoms with Crippen LogP contribution < -0.4 is 14.5 Å². The molecule has 5 aromatic carbocycles. The second-order valence-electron chi connectivity index (χ2n) is 14.4. The summed E-state index contributed by atoms with van der Waals surface area (Å²) in [6, 6.07) is 45.0. The smallest absolute Gasteiger partial charge is 0.137 e. The molecule has 0 aliphatic carbocycles. The van der Waals surface area contributed by atoms with E-state index < -0.39 is 0 Å². The van der Waals surface area contributed by atoms with E-state index in [1.807, 2.05) is 36.0 Å². The van der Waals surface area contributed by atoms with Gasteiger partial charge in [-0.05, 0) is 71.6 Å². The Bertz CT molecular complexity index is 2830. The molecular formula is C45H35N5OS. The van der Waals surface area contributed by atoms with Crippen LogP contribution in [-0.4, -0.2) is 21.2 Å². The molecule has 0 fully saturated rings. The molecule has 52 heavy (non-hydrogen) atoms. The highest BCUT2D eigenvalue weighted by Crippen LogP contribution is 2.48. The first-order valence-corrected chi connectivity index (χ1v) is 18.4. The van der Waals surface area contributed by atoms with Crippen LogP contribution >= 0.6 is 11.3 Å². The molecule has 7 heteroatoms. The number of hydrogen-bond acceptors (Lipinski definition) is 6. The Morgan fingerprint density at radius 2 is 1.40 bits per heavy atom. The van der Waals surface area contributed by atoms with Crippen molar-refractivity contribution in [3.63, 3.8) is 0 Å². The lowest BCUT2D eigenvalue weighted by molar-refractivity contribution is 0.483. The van der Waals surface area contributed by atoms with Gasteiger partial charge in [-0.1, -0.05) is 75.4 Å². The summed E-state index contributed by atoms with van der Waals surface area (Å²) < 4.78 is 11.5. The number of anilines is 4. The second-order valence-corrected chi connectivity index (χ2v) is 15.4. The Balaban J connectivity index is 1.02. The third kappa shape index (κ3) is 4.92. The van der Waals surface area contributed by atoms with Gasteiger partial charge < -0.3 is 14.5 Å². The van der Waals surface area contributed by atoms with Crippen LogP contribution in [0.3, 0.4) is 0 Å². The number of hydrogen-bond donors (Lipinski definition) is 0. The zero-order valence-electron chi connectivity index (χ0n) is 29.1. The van der Waals surface area contributed by atoms with Crippen molar-refractivity contribution in [2.45, 2.75) is 26.2 Å². The number of aromatic nitrogens is 3. The van der Waals surface area contributed by atoms with Crippen molar-refractivity contribution >= 4 is 76.1 Å². The summed E-state index contributed by atoms with van der Waals surface area (Å²) in [6.45, 7) is 7.36. The fraction of sp³-hybridized carbons (Fsp3) is 0.111. The minimum atomic E-state index is 0.00504. The molecule has 0 bridgehead atoms. The highest BCUT2D eigenvalue weighted by Gasteiger charge is 2.30. The van der Waals surface area contributed by atoms with E-state index in [0.717, 1.165) is 50.8 Å². The molecule has 0 radical (unpaired) electrons. The normalized spacial score (nSPS) is 13.1. The molecule has 0 saturated heterocycles. The quantitative estimate of drug-likeness (QED) is 0.180. The molecule has 0 N–H and O–H groups in total. The molecular weight excluding hydrogens is 659 g/mol. The van der Waals surface area contributed by atoms with Crippen molar-refractivity contribution in [3.05, 3.63) is 152 Å². The van der Waals surface area contributed by atoms with Gasteiger partial charge in [-0.25, -0.2) is 4.98 Å². The van der Waals surface area contributed by atoms with Gasteiger partial charge in [0, 0.05) is 56.5 Å². The van der Waals surface area contributed by atoms with Crippen molar-refractivity contribution in [2.75, 3.05) is 16.5 Å². The van der Waals surface area contributed by atoms with E-state index in [-0.39, 0.29) is 5.41 Å². The standard InChI is InChI=1S/C45H35N5OS/c1-45(2,3)29-20-23-47-43(24-29)50-37-15-6-4-12-33(37)34-19-18-32(26-40(34)50)51-31-11-8-10-30(25-31)48-28-49(41-27-46-22-21-38(41)48)39-16-9-14-36-35-13-5-7-17-42(35)52-44(36)39/h4-27H,28H2,1-3H3. The highest BCUT2D eigenvalue weighted by molar-refractivity contribution is 7.26. The van der Waals surface area contributed by atoms with Gasteiger partial charge in [0.1, 0.15) is 24.0 Å². The number of ether oxygens (including phenoxy) is 1. The first-order valence-electron chi connectivity index (χ1n) is 17.6. The minimum absolute atomic E-state index is 0.00504. The Hall–Kier alpha value is -6.18. The molecule has 6 nitrogen and oxygen atoms in total. The summed E-state index contributed by atoms with van der Waals surface area (Å²) in [7, 11) is 0. The summed E-state index contributed by atoms with van der Waals surface area (Å²) >= 11 is 1.85. The first-order chi connectivity index (χ1) is 25.4. The highest BCUT2D eigenvalue weighted by atomic mass is 32.1. The molecule has 5 heterocycles. The van der Waals surface area contributed by atoms with E-state index in [1.54, 1.807) is 0 Å². The second kappa shape index (κ2) is 11.7. The first kappa shape index (κ1) is 30.6. The van der Waals surface area contributed by atoms with E-state index in [9.17, 15) is 0 Å². The predicted octanol–water partition coefficient (Wildman–Crippen LogP) is 12.3. The Kier molecular flexibility index (Phi) is 6.88. The van der Waals surface area contributed by atoms with E-state index in [2.05, 4.69) is 161 Å². The van der Waals surface area contributed by atoms with Crippen LogP contribution in [0, 0.1) is 0 Å². The molecule has 9 aromatic rings. The van der Waals surface area contributed by atoms with Gasteiger partial charge in [0.05, 0.1) is 39.0 Å². The predicted molar refractivity (Wildman–Crippen MR) is 217 cm³/mol. The van der Waals surface area contributed by atoms with Gasteiger partial charge in [0.15, 0.2) is 0 Å². The average molecular weight is 694 g/mol. The van der Waals surface area contributed by atoms with E-state index in [0.29, 0.717) is 6.67 Å². The Morgan fingerprint density at radius 3 is 2.31 bits per heavy atom. The molecule has 0 amide bonds. The van der Waals surface area contributed by atoms with Crippen LogP contribution in [0.4, 0.5) is 22.7 Å². The van der Waals surface area contributed by atoms with Crippen LogP contribution in [0.5, 0.6) is 11.5 Å². The number of thiophene rings is 1. The third-order valence-corrected chi connectivity index (χ3v) is 11.4. The summed E-state index contributed by atoms with van der Waals surface area (Å²) in [6.07, 6.45) is 5.76. The maximum absolute atomic E-state index is 6.66. The lowest BCUT2D eigenvalue weighted by Gasteiger charge is -2.23. The SMILES string of the molecule is CC(C)(C)c1ccnc(-n2c3ccccc3c3ccc(Oc4cccc(N5CN(c6cccc7c6sc6ccccc67)c6cnccc65)c4)cc32)c1. The maximum Gasteiger partial charge on any atom is 0.137 e. The molecule has 1 aliphatic heterocycles. The topological polar surface area (TPSA) is 46.4 Å². The van der Waals surface area contributed by atoms with Gasteiger partial charge in [-0.15, -0.1) is 11.3 Å². The molecule has 1 aliphatic rings. The van der Waals surface area contributed by atoms with Crippen molar-refractivity contribution in [1.82, 2.24) is 14.5 Å². The van der Waals surface area contributed by atoms with Crippen LogP contribution in [0.25, 0.3) is 47.8 Å². The van der Waals surface area contributed by atoms with Crippen molar-refractivity contribution in [3.8, 4) is 17.3 Å². The number of pyridine rings is 2. The van der Waals surface area contributed by atoms with Crippen molar-refractivity contribution in [2.24, 2.45) is 0 Å². The van der Waals surface area contributed by atoms with E-state index >= 15 is 0 Å². The van der Waals surface area contributed by atoms with Crippen molar-refractivity contribution in [1.29, 1.82) is 0 Å². The summed E-state index contributed by atoms with van der Waals surface area (Å²) in [5, 5.41) is 4.93. The van der Waals surface area contributed by atoms with E-state index in [4.69, 9.17) is 9.72 Å². The van der Waals surface area contributed by atoms with Gasteiger partial charge >= 0.3 is 0 Å². The molecule has 0 saturated carbocycles. The maximum atomic E-state index is 6.66. The number of benzene rings is 5. The lowest BCUT2D eigenvalue weighted by Crippen LogP contribution is -2.23. The minimum Gasteiger partial charge on any atom is -0.457 e. The molecule has 10 rings (SSSR count). The average Bonchev–Trinajstić information content (AvgIpc) is 3.84. The molecule has 0 unspecified atom stereocenters. The largest absolute Gasteiger partial charge is 0.457 e. The number of nitrogens with zero attached hydrogens (tertiary/aromatic N) is 5. The number of fused-ring (bicyclic) bond motifs is 7. The van der Waals surface area contributed by atoms with Gasteiger partial charge in [-0.3, -0.25) is 9.55 Å².